The van der Waals surface area contributed by atoms with Gasteiger partial charge in [0.2, 0.25) is 0 Å². The van der Waals surface area contributed by atoms with E-state index in [2.05, 4.69) is 72.3 Å². The lowest BCUT2D eigenvalue weighted by molar-refractivity contribution is 0.173. The summed E-state index contributed by atoms with van der Waals surface area (Å²) >= 11 is 0. The van der Waals surface area contributed by atoms with Crippen LogP contribution in [0.25, 0.3) is 0 Å². The van der Waals surface area contributed by atoms with Crippen molar-refractivity contribution in [2.24, 2.45) is 4.99 Å². The van der Waals surface area contributed by atoms with Gasteiger partial charge in [0, 0.05) is 38.3 Å². The molecule has 0 saturated carbocycles. The molecule has 0 amide bonds. The van der Waals surface area contributed by atoms with E-state index < -0.39 is 0 Å². The number of guanidine groups is 1. The van der Waals surface area contributed by atoms with Crippen LogP contribution in [0.3, 0.4) is 0 Å². The molecule has 146 valence electrons. The van der Waals surface area contributed by atoms with Crippen molar-refractivity contribution in [1.29, 1.82) is 0 Å². The second-order valence-corrected chi connectivity index (χ2v) is 6.43. The third kappa shape index (κ3) is 8.84. The van der Waals surface area contributed by atoms with Crippen LogP contribution >= 0.6 is 24.0 Å². The third-order valence-electron chi connectivity index (χ3n) is 3.97. The molecular weight excluding hydrogens is 429 g/mol. The maximum atomic E-state index is 4.61. The molecule has 1 rings (SSSR count). The van der Waals surface area contributed by atoms with Crippen LogP contribution in [0.4, 0.5) is 0 Å². The van der Waals surface area contributed by atoms with Gasteiger partial charge in [0.1, 0.15) is 12.9 Å². The Labute approximate surface area is 170 Å². The molecule has 7 nitrogen and oxygen atoms in total. The monoisotopic (exact) mass is 465 g/mol. The van der Waals surface area contributed by atoms with Crippen molar-refractivity contribution in [3.8, 4) is 0 Å². The van der Waals surface area contributed by atoms with Crippen LogP contribution in [0, 0.1) is 0 Å². The number of aromatic nitrogens is 3. The number of rotatable bonds is 10. The van der Waals surface area contributed by atoms with Crippen LogP contribution in [-0.4, -0.2) is 57.3 Å². The molecule has 0 bridgehead atoms. The van der Waals surface area contributed by atoms with E-state index in [9.17, 15) is 0 Å². The summed E-state index contributed by atoms with van der Waals surface area (Å²) in [7, 11) is 0. The van der Waals surface area contributed by atoms with E-state index in [0.29, 0.717) is 18.6 Å². The van der Waals surface area contributed by atoms with Gasteiger partial charge >= 0.3 is 0 Å². The van der Waals surface area contributed by atoms with Gasteiger partial charge in [-0.1, -0.05) is 0 Å². The van der Waals surface area contributed by atoms with Crippen molar-refractivity contribution >= 4 is 29.9 Å². The highest BCUT2D eigenvalue weighted by Crippen LogP contribution is 2.05. The van der Waals surface area contributed by atoms with Gasteiger partial charge in [0.25, 0.3) is 0 Å². The summed E-state index contributed by atoms with van der Waals surface area (Å²) in [6.07, 6.45) is 2.84. The van der Waals surface area contributed by atoms with Gasteiger partial charge in [-0.25, -0.2) is 4.99 Å². The summed E-state index contributed by atoms with van der Waals surface area (Å²) in [4.78, 5) is 7.12. The second kappa shape index (κ2) is 13.3. The van der Waals surface area contributed by atoms with Crippen molar-refractivity contribution in [2.75, 3.05) is 19.6 Å². The van der Waals surface area contributed by atoms with E-state index in [0.717, 1.165) is 44.4 Å². The van der Waals surface area contributed by atoms with Gasteiger partial charge in [-0.2, -0.15) is 0 Å². The van der Waals surface area contributed by atoms with Crippen LogP contribution in [0.2, 0.25) is 0 Å². The summed E-state index contributed by atoms with van der Waals surface area (Å²) in [6.45, 7) is 17.4. The average molecular weight is 465 g/mol. The van der Waals surface area contributed by atoms with E-state index in [4.69, 9.17) is 0 Å². The highest BCUT2D eigenvalue weighted by atomic mass is 127. The predicted molar refractivity (Wildman–Crippen MR) is 116 cm³/mol. The molecule has 0 aliphatic rings. The molecule has 0 fully saturated rings. The third-order valence-corrected chi connectivity index (χ3v) is 3.97. The first-order chi connectivity index (χ1) is 11.5. The predicted octanol–water partition coefficient (Wildman–Crippen LogP) is 2.48. The Hall–Kier alpha value is -0.900. The average Bonchev–Trinajstić information content (AvgIpc) is 2.98. The molecule has 0 aromatic carbocycles. The maximum absolute atomic E-state index is 4.61. The molecule has 0 atom stereocenters. The van der Waals surface area contributed by atoms with Gasteiger partial charge in [-0.15, -0.1) is 34.2 Å². The summed E-state index contributed by atoms with van der Waals surface area (Å²) in [5, 5.41) is 14.8. The zero-order valence-corrected chi connectivity index (χ0v) is 18.9. The fourth-order valence-corrected chi connectivity index (χ4v) is 2.74. The Morgan fingerprint density at radius 2 is 1.88 bits per heavy atom. The molecule has 0 spiro atoms. The molecule has 0 saturated heterocycles. The number of aliphatic imine (C=N–C) groups is 1. The molecule has 0 radical (unpaired) electrons. The minimum atomic E-state index is 0. The number of nitrogens with zero attached hydrogens (tertiary/aromatic N) is 5. The Kier molecular flexibility index (Phi) is 12.8. The van der Waals surface area contributed by atoms with Crippen LogP contribution in [-0.2, 0) is 13.1 Å². The van der Waals surface area contributed by atoms with Crippen molar-refractivity contribution in [3.63, 3.8) is 0 Å². The van der Waals surface area contributed by atoms with Gasteiger partial charge in [-0.05, 0) is 48.0 Å². The second-order valence-electron chi connectivity index (χ2n) is 6.43. The van der Waals surface area contributed by atoms with E-state index in [-0.39, 0.29) is 24.0 Å². The molecule has 0 aliphatic carbocycles. The summed E-state index contributed by atoms with van der Waals surface area (Å²) in [6, 6.07) is 1.15. The summed E-state index contributed by atoms with van der Waals surface area (Å²) < 4.78 is 2.01. The molecule has 1 aromatic rings. The summed E-state index contributed by atoms with van der Waals surface area (Å²) in [5.74, 6) is 1.73. The number of nitrogens with one attached hydrogen (secondary N) is 2. The van der Waals surface area contributed by atoms with Crippen molar-refractivity contribution in [2.45, 2.75) is 73.1 Å². The minimum absolute atomic E-state index is 0. The molecule has 1 aromatic heterocycles. The van der Waals surface area contributed by atoms with Crippen molar-refractivity contribution in [3.05, 3.63) is 12.2 Å². The first-order valence-electron chi connectivity index (χ1n) is 9.14. The standard InChI is InChI=1S/C17H35N7.HI/c1-7-18-17(20-12-16-22-21-13-23(16)8-2)19-10-9-11-24(14(3)4)15(5)6;/h13-15H,7-12H2,1-6H3,(H2,18,19,20);1H. The Bertz CT molecular complexity index is 477. The topological polar surface area (TPSA) is 70.4 Å². The smallest absolute Gasteiger partial charge is 0.191 e. The van der Waals surface area contributed by atoms with E-state index >= 15 is 0 Å². The largest absolute Gasteiger partial charge is 0.357 e. The quantitative estimate of drug-likeness (QED) is 0.241. The lowest BCUT2D eigenvalue weighted by atomic mass is 10.2. The zero-order valence-electron chi connectivity index (χ0n) is 16.6. The molecular formula is C17H36IN7. The van der Waals surface area contributed by atoms with Crippen LogP contribution in [0.15, 0.2) is 11.3 Å². The van der Waals surface area contributed by atoms with Crippen molar-refractivity contribution in [1.82, 2.24) is 30.3 Å². The highest BCUT2D eigenvalue weighted by Gasteiger charge is 2.12. The molecule has 0 aliphatic heterocycles. The highest BCUT2D eigenvalue weighted by molar-refractivity contribution is 14.0. The lowest BCUT2D eigenvalue weighted by Gasteiger charge is -2.30. The molecule has 0 unspecified atom stereocenters. The maximum Gasteiger partial charge on any atom is 0.191 e. The van der Waals surface area contributed by atoms with E-state index in [1.54, 1.807) is 6.33 Å². The Morgan fingerprint density at radius 3 is 2.44 bits per heavy atom. The number of hydrogen-bond acceptors (Lipinski definition) is 4. The van der Waals surface area contributed by atoms with Gasteiger partial charge < -0.3 is 15.2 Å². The van der Waals surface area contributed by atoms with Crippen LogP contribution in [0.5, 0.6) is 0 Å². The van der Waals surface area contributed by atoms with Crippen LogP contribution in [0.1, 0.15) is 53.8 Å². The van der Waals surface area contributed by atoms with E-state index in [1.807, 2.05) is 4.57 Å². The number of halogens is 1. The molecule has 25 heavy (non-hydrogen) atoms. The van der Waals surface area contributed by atoms with Gasteiger partial charge in [-0.3, -0.25) is 4.90 Å². The first kappa shape index (κ1) is 24.1. The zero-order chi connectivity index (χ0) is 17.9. The van der Waals surface area contributed by atoms with E-state index in [1.165, 1.54) is 0 Å². The summed E-state index contributed by atoms with van der Waals surface area (Å²) in [5.41, 5.74) is 0. The van der Waals surface area contributed by atoms with Crippen molar-refractivity contribution < 1.29 is 0 Å². The first-order valence-corrected chi connectivity index (χ1v) is 9.14. The lowest BCUT2D eigenvalue weighted by Crippen LogP contribution is -2.41. The fourth-order valence-electron chi connectivity index (χ4n) is 2.74. The van der Waals surface area contributed by atoms with Gasteiger partial charge in [0.05, 0.1) is 0 Å². The number of hydrogen-bond donors (Lipinski definition) is 2. The fraction of sp³-hybridized carbons (Fsp3) is 0.824. The Morgan fingerprint density at radius 1 is 1.20 bits per heavy atom. The Balaban J connectivity index is 0.00000576. The SMILES string of the molecule is CCNC(=NCc1nncn1CC)NCCCN(C(C)C)C(C)C.I. The normalized spacial score (nSPS) is 12.0. The number of aryl methyl sites for hydroxylation is 1. The molecule has 1 heterocycles. The minimum Gasteiger partial charge on any atom is -0.357 e. The molecule has 8 heteroatoms. The van der Waals surface area contributed by atoms with Gasteiger partial charge in [0.15, 0.2) is 11.8 Å². The van der Waals surface area contributed by atoms with Crippen LogP contribution < -0.4 is 10.6 Å². The molecule has 2 N–H and O–H groups in total.